The Hall–Kier alpha value is -0.0900. The van der Waals surface area contributed by atoms with Crippen molar-refractivity contribution in [2.24, 2.45) is 0 Å². The van der Waals surface area contributed by atoms with Crippen LogP contribution in [-0.4, -0.2) is 28.9 Å². The van der Waals surface area contributed by atoms with Crippen LogP contribution in [0.2, 0.25) is 0 Å². The number of rotatable bonds is 2. The summed E-state index contributed by atoms with van der Waals surface area (Å²) in [6.07, 6.45) is 2.56. The lowest BCUT2D eigenvalue weighted by atomic mass is 10.2. The van der Waals surface area contributed by atoms with Gasteiger partial charge in [0.2, 0.25) is 0 Å². The van der Waals surface area contributed by atoms with Crippen LogP contribution in [0.15, 0.2) is 0 Å². The number of hydroxylamine groups is 2. The lowest BCUT2D eigenvalue weighted by Crippen LogP contribution is -2.35. The van der Waals surface area contributed by atoms with Gasteiger partial charge in [-0.1, -0.05) is 22.9 Å². The first-order valence-corrected chi connectivity index (χ1v) is 5.23. The molecule has 0 saturated carbocycles. The zero-order chi connectivity index (χ0) is 8.97. The number of carbonyl (C=O) groups excluding carboxylic acids is 1. The van der Waals surface area contributed by atoms with Crippen LogP contribution in [0.5, 0.6) is 0 Å². The second kappa shape index (κ2) is 4.82. The van der Waals surface area contributed by atoms with E-state index in [-0.39, 0.29) is 5.97 Å². The van der Waals surface area contributed by atoms with Crippen LogP contribution >= 0.6 is 15.9 Å². The van der Waals surface area contributed by atoms with Crippen molar-refractivity contribution in [1.29, 1.82) is 0 Å². The Balaban J connectivity index is 2.21. The third-order valence-corrected chi connectivity index (χ3v) is 2.82. The molecular formula is C8H14BrNO2. The smallest absolute Gasteiger partial charge is 0.324 e. The molecule has 0 atom stereocenters. The van der Waals surface area contributed by atoms with Crippen LogP contribution in [0.4, 0.5) is 0 Å². The second-order valence-electron chi connectivity index (χ2n) is 2.92. The van der Waals surface area contributed by atoms with E-state index in [2.05, 4.69) is 15.9 Å². The predicted octanol–water partition coefficient (Wildman–Crippen LogP) is 1.71. The van der Waals surface area contributed by atoms with E-state index < -0.39 is 0 Å². The normalized spacial score (nSPS) is 20.8. The van der Waals surface area contributed by atoms with Gasteiger partial charge in [0.25, 0.3) is 0 Å². The highest BCUT2D eigenvalue weighted by atomic mass is 79.9. The molecule has 0 aromatic heterocycles. The van der Waals surface area contributed by atoms with Crippen molar-refractivity contribution >= 4 is 21.9 Å². The van der Waals surface area contributed by atoms with E-state index in [4.69, 9.17) is 4.84 Å². The van der Waals surface area contributed by atoms with Gasteiger partial charge in [-0.2, -0.15) is 0 Å². The van der Waals surface area contributed by atoms with Gasteiger partial charge >= 0.3 is 5.97 Å². The van der Waals surface area contributed by atoms with Gasteiger partial charge < -0.3 is 4.84 Å². The number of hydrogen-bond donors (Lipinski definition) is 0. The summed E-state index contributed by atoms with van der Waals surface area (Å²) in [6.45, 7) is 3.50. The molecule has 0 aromatic rings. The minimum absolute atomic E-state index is 0.136. The van der Waals surface area contributed by atoms with Crippen molar-refractivity contribution in [3.8, 4) is 0 Å². The van der Waals surface area contributed by atoms with Crippen LogP contribution in [0, 0.1) is 0 Å². The van der Waals surface area contributed by atoms with E-state index in [1.165, 1.54) is 0 Å². The number of nitrogens with zero attached hydrogens (tertiary/aromatic N) is 1. The molecule has 0 bridgehead atoms. The summed E-state index contributed by atoms with van der Waals surface area (Å²) in [5.74, 6) is -0.136. The van der Waals surface area contributed by atoms with Crippen molar-refractivity contribution in [3.63, 3.8) is 0 Å². The number of piperidine rings is 1. The molecule has 70 valence electrons. The maximum Gasteiger partial charge on any atom is 0.324 e. The highest BCUT2D eigenvalue weighted by Crippen LogP contribution is 2.17. The predicted molar refractivity (Wildman–Crippen MR) is 49.9 cm³/mol. The molecule has 1 aliphatic rings. The fourth-order valence-corrected chi connectivity index (χ4v) is 1.53. The molecule has 0 N–H and O–H groups in total. The molecule has 0 radical (unpaired) electrons. The molecule has 0 unspecified atom stereocenters. The quantitative estimate of drug-likeness (QED) is 0.683. The van der Waals surface area contributed by atoms with Crippen molar-refractivity contribution < 1.29 is 9.63 Å². The Morgan fingerprint density at radius 2 is 2.17 bits per heavy atom. The van der Waals surface area contributed by atoms with Crippen molar-refractivity contribution in [1.82, 2.24) is 5.06 Å². The van der Waals surface area contributed by atoms with Crippen LogP contribution in [-0.2, 0) is 9.63 Å². The standard InChI is InChI=1S/C8H14BrNO2/c1-2-8(11)12-10-5-3-7(9)4-6-10/h7H,2-6H2,1H3. The first-order chi connectivity index (χ1) is 5.72. The van der Waals surface area contributed by atoms with Crippen LogP contribution < -0.4 is 0 Å². The molecule has 1 saturated heterocycles. The Labute approximate surface area is 81.1 Å². The summed E-state index contributed by atoms with van der Waals surface area (Å²) < 4.78 is 0. The van der Waals surface area contributed by atoms with Gasteiger partial charge in [-0.15, -0.1) is 5.06 Å². The van der Waals surface area contributed by atoms with E-state index in [9.17, 15) is 4.79 Å². The van der Waals surface area contributed by atoms with Crippen LogP contribution in [0.3, 0.4) is 0 Å². The SMILES string of the molecule is CCC(=O)ON1CCC(Br)CC1. The monoisotopic (exact) mass is 235 g/mol. The number of alkyl halides is 1. The Bertz CT molecular complexity index is 155. The average Bonchev–Trinajstić information content (AvgIpc) is 2.09. The maximum absolute atomic E-state index is 10.9. The van der Waals surface area contributed by atoms with E-state index in [1.54, 1.807) is 12.0 Å². The summed E-state index contributed by atoms with van der Waals surface area (Å²) in [4.78, 5) is 16.5. The lowest BCUT2D eigenvalue weighted by molar-refractivity contribution is -0.193. The Kier molecular flexibility index (Phi) is 4.01. The van der Waals surface area contributed by atoms with E-state index in [0.717, 1.165) is 25.9 Å². The molecule has 0 aliphatic carbocycles. The largest absolute Gasteiger partial charge is 0.368 e. The summed E-state index contributed by atoms with van der Waals surface area (Å²) in [5.41, 5.74) is 0. The minimum Gasteiger partial charge on any atom is -0.368 e. The van der Waals surface area contributed by atoms with Crippen molar-refractivity contribution in [2.75, 3.05) is 13.1 Å². The Morgan fingerprint density at radius 3 is 2.67 bits per heavy atom. The highest BCUT2D eigenvalue weighted by Gasteiger charge is 2.19. The molecule has 12 heavy (non-hydrogen) atoms. The molecule has 1 heterocycles. The molecule has 0 amide bonds. The number of carbonyl (C=O) groups is 1. The zero-order valence-corrected chi connectivity index (χ0v) is 8.84. The van der Waals surface area contributed by atoms with Crippen molar-refractivity contribution in [3.05, 3.63) is 0 Å². The third kappa shape index (κ3) is 3.11. The van der Waals surface area contributed by atoms with E-state index in [0.29, 0.717) is 11.2 Å². The molecule has 1 fully saturated rings. The topological polar surface area (TPSA) is 29.5 Å². The minimum atomic E-state index is -0.136. The van der Waals surface area contributed by atoms with Crippen molar-refractivity contribution in [2.45, 2.75) is 31.0 Å². The first kappa shape index (κ1) is 9.99. The summed E-state index contributed by atoms with van der Waals surface area (Å²) >= 11 is 3.53. The van der Waals surface area contributed by atoms with Gasteiger partial charge in [0.15, 0.2) is 0 Å². The molecule has 1 rings (SSSR count). The summed E-state index contributed by atoms with van der Waals surface area (Å²) in [7, 11) is 0. The maximum atomic E-state index is 10.9. The summed E-state index contributed by atoms with van der Waals surface area (Å²) in [6, 6.07) is 0. The highest BCUT2D eigenvalue weighted by molar-refractivity contribution is 9.09. The number of hydrogen-bond acceptors (Lipinski definition) is 3. The molecule has 3 nitrogen and oxygen atoms in total. The van der Waals surface area contributed by atoms with Gasteiger partial charge in [-0.05, 0) is 12.8 Å². The molecule has 0 spiro atoms. The van der Waals surface area contributed by atoms with Crippen LogP contribution in [0.25, 0.3) is 0 Å². The average molecular weight is 236 g/mol. The first-order valence-electron chi connectivity index (χ1n) is 4.32. The molecule has 0 aromatic carbocycles. The van der Waals surface area contributed by atoms with Gasteiger partial charge in [0.05, 0.1) is 0 Å². The molecule has 4 heteroatoms. The zero-order valence-electron chi connectivity index (χ0n) is 7.25. The van der Waals surface area contributed by atoms with Gasteiger partial charge in [0.1, 0.15) is 0 Å². The van der Waals surface area contributed by atoms with E-state index in [1.807, 2.05) is 0 Å². The van der Waals surface area contributed by atoms with Gasteiger partial charge in [0, 0.05) is 24.3 Å². The third-order valence-electron chi connectivity index (χ3n) is 1.90. The molecular weight excluding hydrogens is 222 g/mol. The van der Waals surface area contributed by atoms with E-state index >= 15 is 0 Å². The van der Waals surface area contributed by atoms with Gasteiger partial charge in [-0.25, -0.2) is 0 Å². The fourth-order valence-electron chi connectivity index (χ4n) is 1.12. The fraction of sp³-hybridized carbons (Fsp3) is 0.875. The van der Waals surface area contributed by atoms with Crippen LogP contribution in [0.1, 0.15) is 26.2 Å². The van der Waals surface area contributed by atoms with Gasteiger partial charge in [-0.3, -0.25) is 4.79 Å². The summed E-state index contributed by atoms with van der Waals surface area (Å²) in [5, 5.41) is 1.75. The lowest BCUT2D eigenvalue weighted by Gasteiger charge is -2.27. The number of halogens is 1. The Morgan fingerprint density at radius 1 is 1.58 bits per heavy atom. The second-order valence-corrected chi connectivity index (χ2v) is 4.22. The molecule has 1 aliphatic heterocycles.